The summed E-state index contributed by atoms with van der Waals surface area (Å²) in [5, 5.41) is 6.23. The zero-order chi connectivity index (χ0) is 12.0. The average Bonchev–Trinajstić information content (AvgIpc) is 2.79. The summed E-state index contributed by atoms with van der Waals surface area (Å²) in [5.74, 6) is 0. The molecule has 0 aromatic heterocycles. The van der Waals surface area contributed by atoms with Crippen molar-refractivity contribution in [2.45, 2.75) is 44.1 Å². The maximum Gasteiger partial charge on any atom is 0.315 e. The first-order chi connectivity index (χ1) is 7.63. The Morgan fingerprint density at radius 3 is 2.88 bits per heavy atom. The molecule has 94 valence electrons. The van der Waals surface area contributed by atoms with Crippen LogP contribution in [0, 0.1) is 0 Å². The van der Waals surface area contributed by atoms with Gasteiger partial charge >= 0.3 is 6.03 Å². The van der Waals surface area contributed by atoms with Gasteiger partial charge in [0.05, 0.1) is 12.1 Å². The van der Waals surface area contributed by atoms with Crippen molar-refractivity contribution in [2.24, 2.45) is 0 Å². The van der Waals surface area contributed by atoms with E-state index in [0.717, 1.165) is 19.4 Å². The molecule has 1 aliphatic rings. The van der Waals surface area contributed by atoms with Crippen LogP contribution in [0.3, 0.4) is 0 Å². The van der Waals surface area contributed by atoms with Crippen molar-refractivity contribution in [3.8, 4) is 0 Å². The van der Waals surface area contributed by atoms with E-state index in [1.54, 1.807) is 11.8 Å². The first kappa shape index (κ1) is 13.6. The predicted molar refractivity (Wildman–Crippen MR) is 67.9 cm³/mol. The summed E-state index contributed by atoms with van der Waals surface area (Å²) >= 11 is 1.74. The van der Waals surface area contributed by atoms with Crippen LogP contribution in [0.5, 0.6) is 0 Å². The average molecular weight is 246 g/mol. The van der Waals surface area contributed by atoms with Crippen LogP contribution in [0.15, 0.2) is 0 Å². The fraction of sp³-hybridized carbons (Fsp3) is 0.909. The standard InChI is InChI=1S/C11H22N2O2S/c1-8(16-3)7-12-11(14)13-9(2)10-5-4-6-15-10/h8-10H,4-7H2,1-3H3,(H2,12,13,14)/t8-,9-,10-/m1/s1. The van der Waals surface area contributed by atoms with E-state index < -0.39 is 0 Å². The Morgan fingerprint density at radius 1 is 1.56 bits per heavy atom. The van der Waals surface area contributed by atoms with Crippen molar-refractivity contribution >= 4 is 17.8 Å². The van der Waals surface area contributed by atoms with Crippen LogP contribution in [0.25, 0.3) is 0 Å². The van der Waals surface area contributed by atoms with Crippen LogP contribution in [-0.4, -0.2) is 42.8 Å². The second kappa shape index (κ2) is 7.01. The number of hydrogen-bond acceptors (Lipinski definition) is 3. The lowest BCUT2D eigenvalue weighted by atomic mass is 10.1. The molecule has 0 aromatic carbocycles. The molecule has 1 rings (SSSR count). The van der Waals surface area contributed by atoms with Crippen molar-refractivity contribution in [1.29, 1.82) is 0 Å². The topological polar surface area (TPSA) is 50.4 Å². The van der Waals surface area contributed by atoms with E-state index in [9.17, 15) is 4.79 Å². The lowest BCUT2D eigenvalue weighted by molar-refractivity contribution is 0.0860. The van der Waals surface area contributed by atoms with Crippen molar-refractivity contribution in [2.75, 3.05) is 19.4 Å². The molecule has 0 aliphatic carbocycles. The minimum Gasteiger partial charge on any atom is -0.376 e. The SMILES string of the molecule is CS[C@H](C)CNC(=O)N[C@H](C)[C@H]1CCCO1. The Bertz CT molecular complexity index is 220. The van der Waals surface area contributed by atoms with E-state index in [0.29, 0.717) is 11.8 Å². The number of hydrogen-bond donors (Lipinski definition) is 2. The van der Waals surface area contributed by atoms with Crippen LogP contribution < -0.4 is 10.6 Å². The number of nitrogens with one attached hydrogen (secondary N) is 2. The number of carbonyl (C=O) groups is 1. The normalized spacial score (nSPS) is 23.8. The molecule has 0 bridgehead atoms. The fourth-order valence-corrected chi connectivity index (χ4v) is 1.92. The Balaban J connectivity index is 2.17. The number of ether oxygens (including phenoxy) is 1. The largest absolute Gasteiger partial charge is 0.376 e. The van der Waals surface area contributed by atoms with Crippen LogP contribution in [0.2, 0.25) is 0 Å². The van der Waals surface area contributed by atoms with Gasteiger partial charge in [-0.2, -0.15) is 11.8 Å². The smallest absolute Gasteiger partial charge is 0.315 e. The van der Waals surface area contributed by atoms with E-state index in [1.807, 2.05) is 13.2 Å². The van der Waals surface area contributed by atoms with Crippen molar-refractivity contribution < 1.29 is 9.53 Å². The van der Waals surface area contributed by atoms with Gasteiger partial charge in [0, 0.05) is 18.4 Å². The van der Waals surface area contributed by atoms with Gasteiger partial charge in [0.2, 0.25) is 0 Å². The molecule has 4 nitrogen and oxygen atoms in total. The van der Waals surface area contributed by atoms with Crippen molar-refractivity contribution in [3.63, 3.8) is 0 Å². The van der Waals surface area contributed by atoms with Crippen LogP contribution in [0.4, 0.5) is 4.79 Å². The number of urea groups is 1. The summed E-state index contributed by atoms with van der Waals surface area (Å²) < 4.78 is 5.52. The second-order valence-electron chi connectivity index (χ2n) is 4.24. The minimum atomic E-state index is -0.0936. The summed E-state index contributed by atoms with van der Waals surface area (Å²) in [6, 6.07) is -0.00372. The Labute approximate surface area is 102 Å². The van der Waals surface area contributed by atoms with Gasteiger partial charge in [-0.05, 0) is 26.0 Å². The third-order valence-corrected chi connectivity index (χ3v) is 3.81. The molecular formula is C11H22N2O2S. The van der Waals surface area contributed by atoms with Gasteiger partial charge in [-0.25, -0.2) is 4.79 Å². The molecule has 2 amide bonds. The van der Waals surface area contributed by atoms with Gasteiger partial charge < -0.3 is 15.4 Å². The first-order valence-electron chi connectivity index (χ1n) is 5.82. The first-order valence-corrected chi connectivity index (χ1v) is 7.11. The number of rotatable bonds is 5. The molecule has 1 saturated heterocycles. The maximum atomic E-state index is 11.5. The Morgan fingerprint density at radius 2 is 2.31 bits per heavy atom. The molecule has 5 heteroatoms. The molecule has 2 N–H and O–H groups in total. The summed E-state index contributed by atoms with van der Waals surface area (Å²) in [4.78, 5) is 11.5. The summed E-state index contributed by atoms with van der Waals surface area (Å²) in [6.45, 7) is 5.61. The molecule has 0 unspecified atom stereocenters. The van der Waals surface area contributed by atoms with Crippen LogP contribution >= 0.6 is 11.8 Å². The van der Waals surface area contributed by atoms with E-state index in [4.69, 9.17) is 4.74 Å². The zero-order valence-corrected chi connectivity index (χ0v) is 11.1. The highest BCUT2D eigenvalue weighted by atomic mass is 32.2. The number of carbonyl (C=O) groups excluding carboxylic acids is 1. The summed E-state index contributed by atoms with van der Waals surface area (Å²) in [5.41, 5.74) is 0. The van der Waals surface area contributed by atoms with Crippen molar-refractivity contribution in [1.82, 2.24) is 10.6 Å². The summed E-state index contributed by atoms with van der Waals surface area (Å²) in [6.07, 6.45) is 4.37. The Hall–Kier alpha value is -0.420. The third kappa shape index (κ3) is 4.61. The molecule has 1 aliphatic heterocycles. The van der Waals surface area contributed by atoms with Crippen molar-refractivity contribution in [3.05, 3.63) is 0 Å². The minimum absolute atomic E-state index is 0.0899. The molecule has 0 radical (unpaired) electrons. The van der Waals surface area contributed by atoms with E-state index in [2.05, 4.69) is 17.6 Å². The maximum absolute atomic E-state index is 11.5. The second-order valence-corrected chi connectivity index (χ2v) is 5.52. The molecule has 0 spiro atoms. The zero-order valence-electron chi connectivity index (χ0n) is 10.3. The van der Waals surface area contributed by atoms with Gasteiger partial charge in [-0.1, -0.05) is 6.92 Å². The van der Waals surface area contributed by atoms with E-state index in [-0.39, 0.29) is 18.2 Å². The molecule has 1 fully saturated rings. The van der Waals surface area contributed by atoms with Gasteiger partial charge in [-0.15, -0.1) is 0 Å². The lowest BCUT2D eigenvalue weighted by Crippen LogP contribution is -2.47. The molecule has 16 heavy (non-hydrogen) atoms. The number of amides is 2. The monoisotopic (exact) mass is 246 g/mol. The molecule has 1 heterocycles. The van der Waals surface area contributed by atoms with Crippen LogP contribution in [-0.2, 0) is 4.74 Å². The molecule has 0 saturated carbocycles. The number of thioether (sulfide) groups is 1. The van der Waals surface area contributed by atoms with E-state index >= 15 is 0 Å². The quantitative estimate of drug-likeness (QED) is 0.775. The van der Waals surface area contributed by atoms with Gasteiger partial charge in [0.25, 0.3) is 0 Å². The third-order valence-electron chi connectivity index (χ3n) is 2.83. The van der Waals surface area contributed by atoms with E-state index in [1.165, 1.54) is 0 Å². The van der Waals surface area contributed by atoms with Gasteiger partial charge in [-0.3, -0.25) is 0 Å². The molecule has 3 atom stereocenters. The highest BCUT2D eigenvalue weighted by Crippen LogP contribution is 2.15. The molecular weight excluding hydrogens is 224 g/mol. The van der Waals surface area contributed by atoms with Crippen LogP contribution in [0.1, 0.15) is 26.7 Å². The highest BCUT2D eigenvalue weighted by Gasteiger charge is 2.23. The van der Waals surface area contributed by atoms with Gasteiger partial charge in [0.15, 0.2) is 0 Å². The predicted octanol–water partition coefficient (Wildman–Crippen LogP) is 1.60. The van der Waals surface area contributed by atoms with Gasteiger partial charge in [0.1, 0.15) is 0 Å². The summed E-state index contributed by atoms with van der Waals surface area (Å²) in [7, 11) is 0. The lowest BCUT2D eigenvalue weighted by Gasteiger charge is -2.20. The molecule has 0 aromatic rings. The highest BCUT2D eigenvalue weighted by molar-refractivity contribution is 7.99. The fourth-order valence-electron chi connectivity index (χ4n) is 1.67. The Kier molecular flexibility index (Phi) is 5.98.